The summed E-state index contributed by atoms with van der Waals surface area (Å²) in [6.45, 7) is 3.31. The van der Waals surface area contributed by atoms with Gasteiger partial charge in [0.25, 0.3) is 11.1 Å². The van der Waals surface area contributed by atoms with E-state index in [4.69, 9.17) is 4.74 Å². The Labute approximate surface area is 152 Å². The van der Waals surface area contributed by atoms with E-state index in [1.165, 1.54) is 0 Å². The first-order valence-corrected chi connectivity index (χ1v) is 9.00. The van der Waals surface area contributed by atoms with Crippen LogP contribution in [0.1, 0.15) is 25.8 Å². The van der Waals surface area contributed by atoms with Crippen LogP contribution in [0.4, 0.5) is 4.79 Å². The number of halogens is 1. The van der Waals surface area contributed by atoms with Crippen LogP contribution in [0.2, 0.25) is 0 Å². The molecule has 1 aliphatic rings. The van der Waals surface area contributed by atoms with Gasteiger partial charge in [-0.3, -0.25) is 19.3 Å². The molecule has 0 bridgehead atoms. The lowest BCUT2D eigenvalue weighted by molar-refractivity contribution is -0.150. The van der Waals surface area contributed by atoms with Crippen molar-refractivity contribution in [2.75, 3.05) is 6.54 Å². The minimum atomic E-state index is -0.572. The first-order chi connectivity index (χ1) is 10.9. The Kier molecular flexibility index (Phi) is 6.23. The maximum Gasteiger partial charge on any atom is 0.326 e. The van der Waals surface area contributed by atoms with Gasteiger partial charge >= 0.3 is 5.97 Å². The molecule has 0 spiro atoms. The van der Waals surface area contributed by atoms with Crippen molar-refractivity contribution in [3.63, 3.8) is 0 Å². The van der Waals surface area contributed by atoms with Gasteiger partial charge in [0.2, 0.25) is 0 Å². The molecule has 0 N–H and O–H groups in total. The number of thioether (sulfide) groups is 1. The number of imide groups is 1. The van der Waals surface area contributed by atoms with E-state index >= 15 is 0 Å². The lowest BCUT2D eigenvalue weighted by Crippen LogP contribution is -2.35. The van der Waals surface area contributed by atoms with Crippen LogP contribution in [0.3, 0.4) is 0 Å². The van der Waals surface area contributed by atoms with Crippen molar-refractivity contribution in [3.05, 3.63) is 38.3 Å². The Hall–Kier alpha value is -1.35. The second-order valence-corrected chi connectivity index (χ2v) is 7.27. The van der Waals surface area contributed by atoms with E-state index in [9.17, 15) is 14.4 Å². The minimum Gasteiger partial charge on any atom is -0.461 e. The molecule has 1 heterocycles. The zero-order valence-electron chi connectivity index (χ0n) is 12.7. The van der Waals surface area contributed by atoms with Gasteiger partial charge in [-0.05, 0) is 71.5 Å². The third-order valence-corrected chi connectivity index (χ3v) is 4.86. The molecule has 7 heteroatoms. The minimum absolute atomic E-state index is 0.232. The summed E-state index contributed by atoms with van der Waals surface area (Å²) in [6.07, 6.45) is 2.10. The predicted molar refractivity (Wildman–Crippen MR) is 97.7 cm³/mol. The van der Waals surface area contributed by atoms with Crippen LogP contribution in [0.15, 0.2) is 29.2 Å². The summed E-state index contributed by atoms with van der Waals surface area (Å²) in [4.78, 5) is 37.2. The Bertz CT molecular complexity index is 657. The normalized spacial score (nSPS) is 17.7. The third-order valence-electron chi connectivity index (χ3n) is 3.24. The van der Waals surface area contributed by atoms with Gasteiger partial charge in [-0.2, -0.15) is 0 Å². The number of benzene rings is 1. The van der Waals surface area contributed by atoms with Gasteiger partial charge in [0.05, 0.1) is 11.0 Å². The molecule has 0 aromatic heterocycles. The number of hydrogen-bond donors (Lipinski definition) is 0. The summed E-state index contributed by atoms with van der Waals surface area (Å²) < 4.78 is 6.19. The van der Waals surface area contributed by atoms with Crippen molar-refractivity contribution in [1.82, 2.24) is 4.90 Å². The molecule has 1 aliphatic heterocycles. The van der Waals surface area contributed by atoms with Crippen LogP contribution in [0.5, 0.6) is 0 Å². The van der Waals surface area contributed by atoms with Gasteiger partial charge in [0, 0.05) is 3.57 Å². The number of nitrogens with zero attached hydrogens (tertiary/aromatic N) is 1. The molecule has 1 aromatic rings. The van der Waals surface area contributed by atoms with E-state index in [1.54, 1.807) is 13.0 Å². The predicted octanol–water partition coefficient (Wildman–Crippen LogP) is 3.67. The number of amides is 2. The fourth-order valence-corrected chi connectivity index (χ4v) is 3.02. The molecule has 1 aromatic carbocycles. The topological polar surface area (TPSA) is 63.7 Å². The average Bonchev–Trinajstić information content (AvgIpc) is 2.77. The molecular formula is C16H16INO4S. The highest BCUT2D eigenvalue weighted by molar-refractivity contribution is 14.1. The summed E-state index contributed by atoms with van der Waals surface area (Å²) in [5.74, 6) is -1.03. The van der Waals surface area contributed by atoms with E-state index in [-0.39, 0.29) is 12.6 Å². The molecule has 0 radical (unpaired) electrons. The molecule has 0 aliphatic carbocycles. The standard InChI is InChI=1S/C16H16INO4S/c1-3-10(2)22-14(19)9-18-15(20)13(23-16(18)21)8-11-4-6-12(17)7-5-11/h4-8,10H,3,9H2,1-2H3/b13-8-/t10-/m1/s1. The molecule has 1 saturated heterocycles. The van der Waals surface area contributed by atoms with Crippen molar-refractivity contribution in [2.24, 2.45) is 0 Å². The Morgan fingerprint density at radius 1 is 1.35 bits per heavy atom. The van der Waals surface area contributed by atoms with Crippen LogP contribution in [0.25, 0.3) is 6.08 Å². The number of ether oxygens (including phenoxy) is 1. The van der Waals surface area contributed by atoms with Gasteiger partial charge in [-0.25, -0.2) is 0 Å². The van der Waals surface area contributed by atoms with Crippen molar-refractivity contribution >= 4 is 57.5 Å². The average molecular weight is 445 g/mol. The molecule has 0 unspecified atom stereocenters. The summed E-state index contributed by atoms with van der Waals surface area (Å²) in [6, 6.07) is 7.57. The number of hydrogen-bond acceptors (Lipinski definition) is 5. The van der Waals surface area contributed by atoms with Gasteiger partial charge in [0.1, 0.15) is 6.54 Å². The fourth-order valence-electron chi connectivity index (χ4n) is 1.82. The number of carbonyl (C=O) groups excluding carboxylic acids is 3. The first-order valence-electron chi connectivity index (χ1n) is 7.11. The molecule has 23 heavy (non-hydrogen) atoms. The van der Waals surface area contributed by atoms with Gasteiger partial charge < -0.3 is 4.74 Å². The molecule has 122 valence electrons. The van der Waals surface area contributed by atoms with Crippen molar-refractivity contribution < 1.29 is 19.1 Å². The summed E-state index contributed by atoms with van der Waals surface area (Å²) in [5, 5.41) is -0.451. The quantitative estimate of drug-likeness (QED) is 0.393. The second kappa shape index (κ2) is 7.96. The van der Waals surface area contributed by atoms with E-state index in [2.05, 4.69) is 22.6 Å². The molecule has 5 nitrogen and oxygen atoms in total. The monoisotopic (exact) mass is 445 g/mol. The van der Waals surface area contributed by atoms with Crippen LogP contribution >= 0.6 is 34.4 Å². The lowest BCUT2D eigenvalue weighted by atomic mass is 10.2. The summed E-state index contributed by atoms with van der Waals surface area (Å²) in [7, 11) is 0. The highest BCUT2D eigenvalue weighted by Gasteiger charge is 2.36. The van der Waals surface area contributed by atoms with Crippen LogP contribution < -0.4 is 0 Å². The molecule has 2 rings (SSSR count). The van der Waals surface area contributed by atoms with Crippen LogP contribution in [-0.2, 0) is 14.3 Å². The highest BCUT2D eigenvalue weighted by Crippen LogP contribution is 2.32. The zero-order valence-corrected chi connectivity index (χ0v) is 15.7. The molecular weight excluding hydrogens is 429 g/mol. The zero-order chi connectivity index (χ0) is 17.0. The maximum atomic E-state index is 12.3. The number of carbonyl (C=O) groups is 3. The van der Waals surface area contributed by atoms with Crippen molar-refractivity contribution in [2.45, 2.75) is 26.4 Å². The first kappa shape index (κ1) is 18.0. The lowest BCUT2D eigenvalue weighted by Gasteiger charge is -2.14. The van der Waals surface area contributed by atoms with E-state index in [0.29, 0.717) is 11.3 Å². The van der Waals surface area contributed by atoms with Crippen LogP contribution in [-0.4, -0.2) is 34.7 Å². The van der Waals surface area contributed by atoms with E-state index in [0.717, 1.165) is 25.8 Å². The summed E-state index contributed by atoms with van der Waals surface area (Å²) >= 11 is 3.03. The SMILES string of the molecule is CC[C@@H](C)OC(=O)CN1C(=O)S/C(=C\c2ccc(I)cc2)C1=O. The molecule has 2 amide bonds. The number of esters is 1. The fraction of sp³-hybridized carbons (Fsp3) is 0.312. The Morgan fingerprint density at radius 3 is 2.61 bits per heavy atom. The number of rotatable bonds is 5. The molecule has 1 fully saturated rings. The van der Waals surface area contributed by atoms with Gasteiger partial charge in [-0.1, -0.05) is 19.1 Å². The molecule has 1 atom stereocenters. The van der Waals surface area contributed by atoms with Gasteiger partial charge in [-0.15, -0.1) is 0 Å². The second-order valence-electron chi connectivity index (χ2n) is 5.03. The van der Waals surface area contributed by atoms with E-state index < -0.39 is 17.1 Å². The van der Waals surface area contributed by atoms with Crippen molar-refractivity contribution in [1.29, 1.82) is 0 Å². The van der Waals surface area contributed by atoms with E-state index in [1.807, 2.05) is 31.2 Å². The van der Waals surface area contributed by atoms with Gasteiger partial charge in [0.15, 0.2) is 0 Å². The Balaban J connectivity index is 2.07. The largest absolute Gasteiger partial charge is 0.461 e. The summed E-state index contributed by atoms with van der Waals surface area (Å²) in [5.41, 5.74) is 0.832. The van der Waals surface area contributed by atoms with Crippen molar-refractivity contribution in [3.8, 4) is 0 Å². The Morgan fingerprint density at radius 2 is 2.00 bits per heavy atom. The third kappa shape index (κ3) is 4.81. The molecule has 0 saturated carbocycles. The van der Waals surface area contributed by atoms with Crippen LogP contribution in [0, 0.1) is 3.57 Å². The maximum absolute atomic E-state index is 12.3. The smallest absolute Gasteiger partial charge is 0.326 e. The highest BCUT2D eigenvalue weighted by atomic mass is 127.